The molecule has 5 rings (SSSR count). The smallest absolute Gasteiger partial charge is 0.241 e. The summed E-state index contributed by atoms with van der Waals surface area (Å²) in [6.45, 7) is 5.68. The highest BCUT2D eigenvalue weighted by Crippen LogP contribution is 2.28. The average molecular weight is 420 g/mol. The SMILES string of the molecule is COCCn1c(C)nc2ccc(-c3ccn4nc(NC5CCC(C)CC5)ncc34)nc21. The second-order valence-electron chi connectivity index (χ2n) is 8.58. The van der Waals surface area contributed by atoms with Crippen LogP contribution in [0.1, 0.15) is 38.4 Å². The molecule has 162 valence electrons. The molecule has 0 spiro atoms. The molecule has 4 heterocycles. The first kappa shape index (κ1) is 19.9. The number of imidazole rings is 1. The summed E-state index contributed by atoms with van der Waals surface area (Å²) in [5, 5.41) is 8.21. The molecule has 31 heavy (non-hydrogen) atoms. The largest absolute Gasteiger partial charge is 0.383 e. The molecule has 0 saturated heterocycles. The van der Waals surface area contributed by atoms with Gasteiger partial charge in [-0.05, 0) is 56.7 Å². The van der Waals surface area contributed by atoms with Gasteiger partial charge in [0.1, 0.15) is 11.3 Å². The van der Waals surface area contributed by atoms with Crippen LogP contribution in [0.2, 0.25) is 0 Å². The van der Waals surface area contributed by atoms with Crippen LogP contribution in [-0.2, 0) is 11.3 Å². The Morgan fingerprint density at radius 3 is 2.77 bits per heavy atom. The number of aromatic nitrogens is 6. The van der Waals surface area contributed by atoms with E-state index in [0.29, 0.717) is 18.6 Å². The third-order valence-corrected chi connectivity index (χ3v) is 6.34. The van der Waals surface area contributed by atoms with Gasteiger partial charge >= 0.3 is 0 Å². The van der Waals surface area contributed by atoms with Gasteiger partial charge in [-0.1, -0.05) is 6.92 Å². The molecule has 1 saturated carbocycles. The minimum absolute atomic E-state index is 0.461. The van der Waals surface area contributed by atoms with Crippen molar-refractivity contribution in [2.45, 2.75) is 52.1 Å². The molecule has 8 heteroatoms. The van der Waals surface area contributed by atoms with Crippen molar-refractivity contribution in [2.75, 3.05) is 19.0 Å². The zero-order chi connectivity index (χ0) is 21.4. The fourth-order valence-corrected chi connectivity index (χ4v) is 4.49. The molecule has 0 atom stereocenters. The Morgan fingerprint density at radius 1 is 1.13 bits per heavy atom. The molecule has 4 aromatic heterocycles. The van der Waals surface area contributed by atoms with Gasteiger partial charge in [-0.15, -0.1) is 5.10 Å². The first-order valence-electron chi connectivity index (χ1n) is 11.1. The highest BCUT2D eigenvalue weighted by atomic mass is 16.5. The molecule has 1 N–H and O–H groups in total. The summed E-state index contributed by atoms with van der Waals surface area (Å²) < 4.78 is 9.23. The molecule has 0 aromatic carbocycles. The summed E-state index contributed by atoms with van der Waals surface area (Å²) in [5.74, 6) is 2.45. The highest BCUT2D eigenvalue weighted by molar-refractivity contribution is 5.82. The van der Waals surface area contributed by atoms with Crippen LogP contribution in [0.25, 0.3) is 27.9 Å². The van der Waals surface area contributed by atoms with Crippen molar-refractivity contribution in [3.63, 3.8) is 0 Å². The molecule has 0 amide bonds. The molecular formula is C23H29N7O. The quantitative estimate of drug-likeness (QED) is 0.507. The van der Waals surface area contributed by atoms with Gasteiger partial charge in [-0.2, -0.15) is 0 Å². The van der Waals surface area contributed by atoms with Gasteiger partial charge in [-0.25, -0.2) is 19.5 Å². The number of ether oxygens (including phenoxy) is 1. The second kappa shape index (κ2) is 8.26. The van der Waals surface area contributed by atoms with E-state index in [9.17, 15) is 0 Å². The predicted molar refractivity (Wildman–Crippen MR) is 121 cm³/mol. The van der Waals surface area contributed by atoms with Crippen LogP contribution in [0.5, 0.6) is 0 Å². The van der Waals surface area contributed by atoms with Crippen LogP contribution < -0.4 is 5.32 Å². The van der Waals surface area contributed by atoms with Crippen molar-refractivity contribution < 1.29 is 4.74 Å². The minimum Gasteiger partial charge on any atom is -0.383 e. The van der Waals surface area contributed by atoms with Crippen molar-refractivity contribution >= 4 is 22.6 Å². The first-order valence-corrected chi connectivity index (χ1v) is 11.1. The Labute approximate surface area is 181 Å². The number of fused-ring (bicyclic) bond motifs is 2. The molecule has 8 nitrogen and oxygen atoms in total. The fraction of sp³-hybridized carbons (Fsp3) is 0.478. The van der Waals surface area contributed by atoms with Gasteiger partial charge < -0.3 is 14.6 Å². The van der Waals surface area contributed by atoms with Gasteiger partial charge in [-0.3, -0.25) is 0 Å². The molecule has 1 aliphatic carbocycles. The Morgan fingerprint density at radius 2 is 1.97 bits per heavy atom. The van der Waals surface area contributed by atoms with Crippen LogP contribution in [-0.4, -0.2) is 48.9 Å². The maximum Gasteiger partial charge on any atom is 0.241 e. The van der Waals surface area contributed by atoms with E-state index in [4.69, 9.17) is 14.8 Å². The number of hydrogen-bond donors (Lipinski definition) is 1. The second-order valence-corrected chi connectivity index (χ2v) is 8.58. The zero-order valence-corrected chi connectivity index (χ0v) is 18.4. The van der Waals surface area contributed by atoms with Gasteiger partial charge in [0.15, 0.2) is 5.65 Å². The van der Waals surface area contributed by atoms with E-state index in [1.807, 2.05) is 42.0 Å². The van der Waals surface area contributed by atoms with Crippen molar-refractivity contribution in [1.82, 2.24) is 29.1 Å². The van der Waals surface area contributed by atoms with Crippen LogP contribution >= 0.6 is 0 Å². The van der Waals surface area contributed by atoms with Crippen molar-refractivity contribution in [3.8, 4) is 11.3 Å². The Bertz CT molecular complexity index is 1200. The molecule has 1 aliphatic rings. The molecule has 0 aliphatic heterocycles. The third-order valence-electron chi connectivity index (χ3n) is 6.34. The number of rotatable bonds is 6. The maximum absolute atomic E-state index is 5.25. The summed E-state index contributed by atoms with van der Waals surface area (Å²) in [7, 11) is 1.71. The number of pyridine rings is 1. The number of methoxy groups -OCH3 is 1. The monoisotopic (exact) mass is 419 g/mol. The third kappa shape index (κ3) is 3.87. The van der Waals surface area contributed by atoms with Crippen LogP contribution in [0.15, 0.2) is 30.6 Å². The standard InChI is InChI=1S/C23H29N7O/c1-15-4-6-17(7-5-15)26-23-24-14-21-18(10-11-30(21)28-23)19-8-9-20-22(27-19)29(12-13-31-3)16(2)25-20/h8-11,14-15,17H,4-7,12-13H2,1-3H3,(H,26,28). The van der Waals surface area contributed by atoms with Gasteiger partial charge in [0.05, 0.1) is 24.0 Å². The Kier molecular flexibility index (Phi) is 5.31. The van der Waals surface area contributed by atoms with E-state index in [-0.39, 0.29) is 0 Å². The predicted octanol–water partition coefficient (Wildman–Crippen LogP) is 4.09. The summed E-state index contributed by atoms with van der Waals surface area (Å²) in [6.07, 6.45) is 8.75. The van der Waals surface area contributed by atoms with Crippen LogP contribution in [0.3, 0.4) is 0 Å². The fourth-order valence-electron chi connectivity index (χ4n) is 4.49. The molecule has 0 bridgehead atoms. The zero-order valence-electron chi connectivity index (χ0n) is 18.4. The molecular weight excluding hydrogens is 390 g/mol. The lowest BCUT2D eigenvalue weighted by Gasteiger charge is -2.26. The lowest BCUT2D eigenvalue weighted by atomic mass is 9.87. The van der Waals surface area contributed by atoms with Crippen molar-refractivity contribution in [3.05, 3.63) is 36.4 Å². The maximum atomic E-state index is 5.25. The molecule has 0 radical (unpaired) electrons. The van der Waals surface area contributed by atoms with Gasteiger partial charge in [0.2, 0.25) is 5.95 Å². The van der Waals surface area contributed by atoms with Gasteiger partial charge in [0.25, 0.3) is 0 Å². The Hall–Kier alpha value is -3.00. The minimum atomic E-state index is 0.461. The highest BCUT2D eigenvalue weighted by Gasteiger charge is 2.19. The summed E-state index contributed by atoms with van der Waals surface area (Å²) >= 11 is 0. The van der Waals surface area contributed by atoms with Gasteiger partial charge in [0, 0.05) is 31.5 Å². The number of nitrogens with zero attached hydrogens (tertiary/aromatic N) is 6. The van der Waals surface area contributed by atoms with Crippen LogP contribution in [0, 0.1) is 12.8 Å². The molecule has 0 unspecified atom stereocenters. The number of hydrogen-bond acceptors (Lipinski definition) is 6. The first-order chi connectivity index (χ1) is 15.1. The van der Waals surface area contributed by atoms with E-state index < -0.39 is 0 Å². The number of aryl methyl sites for hydroxylation is 1. The lowest BCUT2D eigenvalue weighted by Crippen LogP contribution is -2.26. The summed E-state index contributed by atoms with van der Waals surface area (Å²) in [5.41, 5.74) is 4.60. The van der Waals surface area contributed by atoms with E-state index in [1.165, 1.54) is 25.7 Å². The number of anilines is 1. The van der Waals surface area contributed by atoms with E-state index >= 15 is 0 Å². The van der Waals surface area contributed by atoms with E-state index in [2.05, 4.69) is 26.8 Å². The van der Waals surface area contributed by atoms with E-state index in [1.54, 1.807) is 7.11 Å². The summed E-state index contributed by atoms with van der Waals surface area (Å²) in [4.78, 5) is 14.2. The molecule has 4 aromatic rings. The van der Waals surface area contributed by atoms with Crippen LogP contribution in [0.4, 0.5) is 5.95 Å². The lowest BCUT2D eigenvalue weighted by molar-refractivity contribution is 0.187. The normalized spacial score (nSPS) is 19.3. The summed E-state index contributed by atoms with van der Waals surface area (Å²) in [6, 6.07) is 6.55. The Balaban J connectivity index is 1.44. The average Bonchev–Trinajstić information content (AvgIpc) is 3.33. The van der Waals surface area contributed by atoms with Crippen molar-refractivity contribution in [2.24, 2.45) is 5.92 Å². The van der Waals surface area contributed by atoms with E-state index in [0.717, 1.165) is 46.2 Å². The molecule has 1 fully saturated rings. The van der Waals surface area contributed by atoms with Crippen molar-refractivity contribution in [1.29, 1.82) is 0 Å². The topological polar surface area (TPSA) is 82.2 Å². The number of nitrogens with one attached hydrogen (secondary N) is 1.